The summed E-state index contributed by atoms with van der Waals surface area (Å²) in [7, 11) is 0. The number of rotatable bonds is 0. The van der Waals surface area contributed by atoms with Crippen LogP contribution in [0.3, 0.4) is 0 Å². The zero-order valence-electron chi connectivity index (χ0n) is 5.56. The summed E-state index contributed by atoms with van der Waals surface area (Å²) in [5, 5.41) is 0. The Hall–Kier alpha value is -0.530. The molecule has 0 unspecified atom stereocenters. The Morgan fingerprint density at radius 2 is 2.11 bits per heavy atom. The first-order valence-corrected chi connectivity index (χ1v) is 3.60. The van der Waals surface area contributed by atoms with Gasteiger partial charge >= 0.3 is 0 Å². The van der Waals surface area contributed by atoms with Crippen molar-refractivity contribution in [1.29, 1.82) is 0 Å². The van der Waals surface area contributed by atoms with E-state index in [-0.39, 0.29) is 0 Å². The van der Waals surface area contributed by atoms with Gasteiger partial charge < -0.3 is 5.73 Å². The van der Waals surface area contributed by atoms with Gasteiger partial charge in [-0.25, -0.2) is 0 Å². The predicted octanol–water partition coefficient (Wildman–Crippen LogP) is 0.918. The van der Waals surface area contributed by atoms with Crippen LogP contribution in [0.4, 0.5) is 0 Å². The molecule has 1 aliphatic heterocycles. The maximum Gasteiger partial charge on any atom is 0.0942 e. The average Bonchev–Trinajstić information content (AvgIpc) is 2.49. The molecule has 0 aromatic heterocycles. The number of aliphatic imine (C=N–C) groups is 1. The van der Waals surface area contributed by atoms with Gasteiger partial charge in [0.1, 0.15) is 0 Å². The lowest BCUT2D eigenvalue weighted by Crippen LogP contribution is -2.23. The molecular formula is C7H12N2. The summed E-state index contributed by atoms with van der Waals surface area (Å²) in [5.74, 6) is 0.888. The molecular weight excluding hydrogens is 112 g/mol. The Balaban J connectivity index is 2.10. The van der Waals surface area contributed by atoms with Crippen molar-refractivity contribution in [2.24, 2.45) is 16.1 Å². The molecule has 9 heavy (non-hydrogen) atoms. The number of amidine groups is 1. The molecule has 0 bridgehead atoms. The Morgan fingerprint density at radius 3 is 2.56 bits per heavy atom. The van der Waals surface area contributed by atoms with E-state index in [9.17, 15) is 0 Å². The number of nitrogens with zero attached hydrogens (tertiary/aromatic N) is 1. The van der Waals surface area contributed by atoms with Crippen molar-refractivity contribution < 1.29 is 0 Å². The third-order valence-corrected chi connectivity index (χ3v) is 2.47. The molecule has 2 rings (SSSR count). The van der Waals surface area contributed by atoms with Gasteiger partial charge in [-0.3, -0.25) is 4.99 Å². The van der Waals surface area contributed by atoms with Gasteiger partial charge in [-0.15, -0.1) is 0 Å². The van der Waals surface area contributed by atoms with Crippen molar-refractivity contribution in [3.63, 3.8) is 0 Å². The van der Waals surface area contributed by atoms with Crippen LogP contribution < -0.4 is 5.73 Å². The SMILES string of the molecule is NC1=NCCC2(CC2)C1. The van der Waals surface area contributed by atoms with Crippen LogP contribution in [0.2, 0.25) is 0 Å². The van der Waals surface area contributed by atoms with Crippen molar-refractivity contribution in [3.05, 3.63) is 0 Å². The van der Waals surface area contributed by atoms with Crippen molar-refractivity contribution >= 4 is 5.84 Å². The minimum Gasteiger partial charge on any atom is -0.387 e. The van der Waals surface area contributed by atoms with Crippen LogP contribution in [0.1, 0.15) is 25.7 Å². The Bertz CT molecular complexity index is 156. The van der Waals surface area contributed by atoms with Crippen LogP contribution >= 0.6 is 0 Å². The first-order valence-electron chi connectivity index (χ1n) is 3.60. The van der Waals surface area contributed by atoms with E-state index < -0.39 is 0 Å². The van der Waals surface area contributed by atoms with Crippen LogP contribution in [0.25, 0.3) is 0 Å². The second-order valence-corrected chi connectivity index (χ2v) is 3.30. The van der Waals surface area contributed by atoms with Crippen LogP contribution in [0.15, 0.2) is 4.99 Å². The van der Waals surface area contributed by atoms with Crippen molar-refractivity contribution in [2.75, 3.05) is 6.54 Å². The van der Waals surface area contributed by atoms with E-state index in [4.69, 9.17) is 5.73 Å². The second kappa shape index (κ2) is 1.49. The molecule has 2 heteroatoms. The smallest absolute Gasteiger partial charge is 0.0942 e. The van der Waals surface area contributed by atoms with Crippen LogP contribution in [0.5, 0.6) is 0 Å². The lowest BCUT2D eigenvalue weighted by molar-refractivity contribution is 0.473. The standard InChI is InChI=1S/C7H12N2/c8-6-5-7(1-2-7)3-4-9-6/h1-5H2,(H2,8,9). The molecule has 2 N–H and O–H groups in total. The first kappa shape index (κ1) is 5.27. The van der Waals surface area contributed by atoms with Gasteiger partial charge in [0.25, 0.3) is 0 Å². The zero-order valence-corrected chi connectivity index (χ0v) is 5.56. The highest BCUT2D eigenvalue weighted by Crippen LogP contribution is 2.52. The van der Waals surface area contributed by atoms with E-state index in [0.717, 1.165) is 18.8 Å². The van der Waals surface area contributed by atoms with E-state index in [1.165, 1.54) is 19.3 Å². The highest BCUT2D eigenvalue weighted by molar-refractivity contribution is 5.82. The van der Waals surface area contributed by atoms with Gasteiger partial charge in [0.05, 0.1) is 5.84 Å². The predicted molar refractivity (Wildman–Crippen MR) is 37.4 cm³/mol. The largest absolute Gasteiger partial charge is 0.387 e. The van der Waals surface area contributed by atoms with E-state index in [1.54, 1.807) is 0 Å². The maximum absolute atomic E-state index is 5.60. The van der Waals surface area contributed by atoms with Gasteiger partial charge in [0.2, 0.25) is 0 Å². The molecule has 1 heterocycles. The molecule has 0 radical (unpaired) electrons. The molecule has 0 aromatic carbocycles. The summed E-state index contributed by atoms with van der Waals surface area (Å²) in [5.41, 5.74) is 6.25. The molecule has 0 atom stereocenters. The van der Waals surface area contributed by atoms with E-state index in [2.05, 4.69) is 4.99 Å². The molecule has 2 aliphatic rings. The highest BCUT2D eigenvalue weighted by atomic mass is 14.9. The Labute approximate surface area is 55.2 Å². The number of hydrogen-bond donors (Lipinski definition) is 1. The maximum atomic E-state index is 5.60. The van der Waals surface area contributed by atoms with Gasteiger partial charge in [-0.2, -0.15) is 0 Å². The molecule has 1 spiro atoms. The third-order valence-electron chi connectivity index (χ3n) is 2.47. The van der Waals surface area contributed by atoms with E-state index >= 15 is 0 Å². The molecule has 1 fully saturated rings. The molecule has 50 valence electrons. The Morgan fingerprint density at radius 1 is 1.33 bits per heavy atom. The minimum absolute atomic E-state index is 0.645. The fourth-order valence-electron chi connectivity index (χ4n) is 1.57. The fourth-order valence-corrected chi connectivity index (χ4v) is 1.57. The second-order valence-electron chi connectivity index (χ2n) is 3.30. The number of hydrogen-bond acceptors (Lipinski definition) is 2. The van der Waals surface area contributed by atoms with Crippen molar-refractivity contribution in [3.8, 4) is 0 Å². The van der Waals surface area contributed by atoms with E-state index in [0.29, 0.717) is 5.41 Å². The number of nitrogens with two attached hydrogens (primary N) is 1. The summed E-state index contributed by atoms with van der Waals surface area (Å²) in [6, 6.07) is 0. The summed E-state index contributed by atoms with van der Waals surface area (Å²) in [6.07, 6.45) is 5.15. The normalized spacial score (nSPS) is 30.0. The van der Waals surface area contributed by atoms with Crippen molar-refractivity contribution in [1.82, 2.24) is 0 Å². The van der Waals surface area contributed by atoms with Crippen LogP contribution in [-0.4, -0.2) is 12.4 Å². The van der Waals surface area contributed by atoms with Gasteiger partial charge in [0, 0.05) is 13.0 Å². The zero-order chi connectivity index (χ0) is 6.32. The fraction of sp³-hybridized carbons (Fsp3) is 0.857. The third kappa shape index (κ3) is 0.824. The van der Waals surface area contributed by atoms with Gasteiger partial charge in [-0.05, 0) is 24.7 Å². The molecule has 0 amide bonds. The molecule has 1 saturated carbocycles. The summed E-state index contributed by atoms with van der Waals surface area (Å²) in [6.45, 7) is 0.978. The van der Waals surface area contributed by atoms with Crippen molar-refractivity contribution in [2.45, 2.75) is 25.7 Å². The van der Waals surface area contributed by atoms with E-state index in [1.807, 2.05) is 0 Å². The topological polar surface area (TPSA) is 38.4 Å². The van der Waals surface area contributed by atoms with Crippen LogP contribution in [0, 0.1) is 5.41 Å². The lowest BCUT2D eigenvalue weighted by Gasteiger charge is -2.17. The Kier molecular flexibility index (Phi) is 0.875. The average molecular weight is 124 g/mol. The quantitative estimate of drug-likeness (QED) is 0.512. The highest BCUT2D eigenvalue weighted by Gasteiger charge is 2.43. The summed E-state index contributed by atoms with van der Waals surface area (Å²) >= 11 is 0. The minimum atomic E-state index is 0.645. The molecule has 0 saturated heterocycles. The molecule has 0 aromatic rings. The summed E-state index contributed by atoms with van der Waals surface area (Å²) in [4.78, 5) is 4.16. The summed E-state index contributed by atoms with van der Waals surface area (Å²) < 4.78 is 0. The monoisotopic (exact) mass is 124 g/mol. The molecule has 2 nitrogen and oxygen atoms in total. The van der Waals surface area contributed by atoms with Crippen LogP contribution in [-0.2, 0) is 0 Å². The lowest BCUT2D eigenvalue weighted by atomic mass is 9.95. The van der Waals surface area contributed by atoms with Gasteiger partial charge in [0.15, 0.2) is 0 Å². The first-order chi connectivity index (χ1) is 4.31. The molecule has 1 aliphatic carbocycles. The van der Waals surface area contributed by atoms with Gasteiger partial charge in [-0.1, -0.05) is 0 Å².